The second-order valence-corrected chi connectivity index (χ2v) is 6.04. The molecule has 0 aliphatic heterocycles. The quantitative estimate of drug-likeness (QED) is 0.844. The van der Waals surface area contributed by atoms with E-state index in [2.05, 4.69) is 4.98 Å². The molecule has 2 aromatic rings. The molecule has 0 spiro atoms. The summed E-state index contributed by atoms with van der Waals surface area (Å²) in [6.07, 6.45) is 0. The molecule has 1 aromatic carbocycles. The molecule has 0 saturated heterocycles. The normalized spacial score (nSPS) is 10.6. The zero-order valence-corrected chi connectivity index (χ0v) is 11.6. The SMILES string of the molecule is Cc1csc(Sc2cc(C)c(N)c(C(=O)O)c2)n1. The molecule has 4 nitrogen and oxygen atoms in total. The number of hydrogen-bond acceptors (Lipinski definition) is 5. The van der Waals surface area contributed by atoms with E-state index in [-0.39, 0.29) is 5.56 Å². The van der Waals surface area contributed by atoms with Crippen LogP contribution in [-0.4, -0.2) is 16.1 Å². The van der Waals surface area contributed by atoms with Crippen LogP contribution in [0.1, 0.15) is 21.6 Å². The average Bonchev–Trinajstić information content (AvgIpc) is 2.68. The van der Waals surface area contributed by atoms with E-state index in [9.17, 15) is 4.79 Å². The van der Waals surface area contributed by atoms with Crippen LogP contribution in [0.15, 0.2) is 26.7 Å². The van der Waals surface area contributed by atoms with Gasteiger partial charge >= 0.3 is 5.97 Å². The summed E-state index contributed by atoms with van der Waals surface area (Å²) in [7, 11) is 0. The van der Waals surface area contributed by atoms with Crippen LogP contribution in [0.25, 0.3) is 0 Å². The highest BCUT2D eigenvalue weighted by Gasteiger charge is 2.13. The van der Waals surface area contributed by atoms with Gasteiger partial charge in [0.1, 0.15) is 0 Å². The summed E-state index contributed by atoms with van der Waals surface area (Å²) in [6.45, 7) is 3.73. The number of aromatic nitrogens is 1. The number of benzene rings is 1. The number of nitrogens with two attached hydrogens (primary N) is 1. The van der Waals surface area contributed by atoms with Gasteiger partial charge in [-0.15, -0.1) is 11.3 Å². The number of nitrogen functional groups attached to an aromatic ring is 1. The standard InChI is InChI=1S/C12H12N2O2S2/c1-6-3-8(4-9(10(6)13)11(15)16)18-12-14-7(2)5-17-12/h3-5H,13H2,1-2H3,(H,15,16). The first-order valence-corrected chi connectivity index (χ1v) is 6.90. The maximum atomic E-state index is 11.1. The molecule has 1 heterocycles. The lowest BCUT2D eigenvalue weighted by Crippen LogP contribution is -2.04. The number of nitrogens with zero attached hydrogens (tertiary/aromatic N) is 1. The number of carboxylic acid groups (broad SMARTS) is 1. The molecular weight excluding hydrogens is 268 g/mol. The Balaban J connectivity index is 2.37. The van der Waals surface area contributed by atoms with Crippen LogP contribution >= 0.6 is 23.1 Å². The molecule has 0 aliphatic rings. The van der Waals surface area contributed by atoms with E-state index in [0.717, 1.165) is 20.5 Å². The first kappa shape index (κ1) is 12.9. The molecule has 0 fully saturated rings. The van der Waals surface area contributed by atoms with Crippen molar-refractivity contribution in [1.82, 2.24) is 4.98 Å². The smallest absolute Gasteiger partial charge is 0.337 e. The molecule has 0 bridgehead atoms. The zero-order chi connectivity index (χ0) is 13.3. The van der Waals surface area contributed by atoms with Crippen LogP contribution in [0.5, 0.6) is 0 Å². The summed E-state index contributed by atoms with van der Waals surface area (Å²) in [6, 6.07) is 3.47. The fourth-order valence-corrected chi connectivity index (χ4v) is 3.43. The Kier molecular flexibility index (Phi) is 3.58. The minimum Gasteiger partial charge on any atom is -0.478 e. The van der Waals surface area contributed by atoms with Gasteiger partial charge in [0.2, 0.25) is 0 Å². The summed E-state index contributed by atoms with van der Waals surface area (Å²) < 4.78 is 0.896. The van der Waals surface area contributed by atoms with E-state index < -0.39 is 5.97 Å². The molecule has 18 heavy (non-hydrogen) atoms. The van der Waals surface area contributed by atoms with Gasteiger partial charge in [0.15, 0.2) is 4.34 Å². The molecule has 94 valence electrons. The van der Waals surface area contributed by atoms with Crippen LogP contribution in [0.4, 0.5) is 5.69 Å². The monoisotopic (exact) mass is 280 g/mol. The van der Waals surface area contributed by atoms with Crippen molar-refractivity contribution < 1.29 is 9.90 Å². The van der Waals surface area contributed by atoms with Crippen molar-refractivity contribution in [2.75, 3.05) is 5.73 Å². The van der Waals surface area contributed by atoms with Gasteiger partial charge < -0.3 is 10.8 Å². The minimum absolute atomic E-state index is 0.144. The fourth-order valence-electron chi connectivity index (χ4n) is 1.48. The molecule has 0 unspecified atom stereocenters. The van der Waals surface area contributed by atoms with Crippen molar-refractivity contribution in [2.24, 2.45) is 0 Å². The highest BCUT2D eigenvalue weighted by Crippen LogP contribution is 2.33. The van der Waals surface area contributed by atoms with Gasteiger partial charge in [-0.05, 0) is 31.5 Å². The molecule has 2 rings (SSSR count). The lowest BCUT2D eigenvalue weighted by Gasteiger charge is -2.07. The molecule has 3 N–H and O–H groups in total. The van der Waals surface area contributed by atoms with Gasteiger partial charge in [0, 0.05) is 21.7 Å². The Labute approximate surface area is 113 Å². The number of rotatable bonds is 3. The number of carbonyl (C=O) groups is 1. The number of hydrogen-bond donors (Lipinski definition) is 2. The van der Waals surface area contributed by atoms with Gasteiger partial charge in [0.25, 0.3) is 0 Å². The predicted octanol–water partition coefficient (Wildman–Crippen LogP) is 3.19. The van der Waals surface area contributed by atoms with Crippen molar-refractivity contribution in [3.05, 3.63) is 34.3 Å². The first-order chi connectivity index (χ1) is 8.47. The molecule has 0 radical (unpaired) electrons. The van der Waals surface area contributed by atoms with E-state index in [1.54, 1.807) is 24.3 Å². The summed E-state index contributed by atoms with van der Waals surface area (Å²) in [4.78, 5) is 16.3. The number of carboxylic acids is 1. The first-order valence-electron chi connectivity index (χ1n) is 5.21. The van der Waals surface area contributed by atoms with Crippen LogP contribution in [-0.2, 0) is 0 Å². The van der Waals surface area contributed by atoms with Crippen LogP contribution in [0, 0.1) is 13.8 Å². The second-order valence-electron chi connectivity index (χ2n) is 3.86. The third kappa shape index (κ3) is 2.65. The van der Waals surface area contributed by atoms with E-state index in [4.69, 9.17) is 10.8 Å². The van der Waals surface area contributed by atoms with Crippen LogP contribution in [0.2, 0.25) is 0 Å². The second kappa shape index (κ2) is 4.99. The largest absolute Gasteiger partial charge is 0.478 e. The predicted molar refractivity (Wildman–Crippen MR) is 73.5 cm³/mol. The Morgan fingerprint density at radius 1 is 1.44 bits per heavy atom. The Morgan fingerprint density at radius 3 is 2.72 bits per heavy atom. The Hall–Kier alpha value is -1.53. The topological polar surface area (TPSA) is 76.2 Å². The minimum atomic E-state index is -1.01. The molecule has 0 atom stereocenters. The van der Waals surface area contributed by atoms with Gasteiger partial charge in [-0.1, -0.05) is 11.8 Å². The maximum absolute atomic E-state index is 11.1. The zero-order valence-electron chi connectivity index (χ0n) is 9.93. The van der Waals surface area contributed by atoms with Gasteiger partial charge in [-0.25, -0.2) is 9.78 Å². The van der Waals surface area contributed by atoms with Gasteiger partial charge in [0.05, 0.1) is 5.56 Å². The van der Waals surface area contributed by atoms with E-state index in [1.807, 2.05) is 18.4 Å². The average molecular weight is 280 g/mol. The number of thiazole rings is 1. The van der Waals surface area contributed by atoms with Gasteiger partial charge in [-0.3, -0.25) is 0 Å². The number of anilines is 1. The Bertz CT molecular complexity index is 608. The highest BCUT2D eigenvalue weighted by atomic mass is 32.2. The molecule has 1 aromatic heterocycles. The van der Waals surface area contributed by atoms with Crippen molar-refractivity contribution in [3.63, 3.8) is 0 Å². The number of aryl methyl sites for hydroxylation is 2. The third-order valence-electron chi connectivity index (χ3n) is 2.39. The summed E-state index contributed by atoms with van der Waals surface area (Å²) >= 11 is 2.99. The molecule has 0 aliphatic carbocycles. The van der Waals surface area contributed by atoms with Crippen LogP contribution < -0.4 is 5.73 Å². The highest BCUT2D eigenvalue weighted by molar-refractivity contribution is 8.01. The summed E-state index contributed by atoms with van der Waals surface area (Å²) in [5.41, 5.74) is 7.95. The summed E-state index contributed by atoms with van der Waals surface area (Å²) in [5, 5.41) is 11.0. The summed E-state index contributed by atoms with van der Waals surface area (Å²) in [5.74, 6) is -1.01. The van der Waals surface area contributed by atoms with Crippen molar-refractivity contribution >= 4 is 34.8 Å². The van der Waals surface area contributed by atoms with Crippen LogP contribution in [0.3, 0.4) is 0 Å². The lowest BCUT2D eigenvalue weighted by atomic mass is 10.1. The lowest BCUT2D eigenvalue weighted by molar-refractivity contribution is 0.0697. The molecule has 6 heteroatoms. The van der Waals surface area contributed by atoms with E-state index >= 15 is 0 Å². The molecule has 0 amide bonds. The van der Waals surface area contributed by atoms with Crippen molar-refractivity contribution in [2.45, 2.75) is 23.1 Å². The Morgan fingerprint density at radius 2 is 2.17 bits per heavy atom. The van der Waals surface area contributed by atoms with Crippen molar-refractivity contribution in [3.8, 4) is 0 Å². The van der Waals surface area contributed by atoms with E-state index in [1.165, 1.54) is 11.8 Å². The van der Waals surface area contributed by atoms with Crippen molar-refractivity contribution in [1.29, 1.82) is 0 Å². The van der Waals surface area contributed by atoms with Gasteiger partial charge in [-0.2, -0.15) is 0 Å². The third-order valence-corrected chi connectivity index (χ3v) is 4.42. The maximum Gasteiger partial charge on any atom is 0.337 e. The number of aromatic carboxylic acids is 1. The molecule has 0 saturated carbocycles. The van der Waals surface area contributed by atoms with E-state index in [0.29, 0.717) is 5.69 Å². The fraction of sp³-hybridized carbons (Fsp3) is 0.167. The molecular formula is C12H12N2O2S2.